The van der Waals surface area contributed by atoms with Crippen LogP contribution in [-0.2, 0) is 0 Å². The molecule has 1 aromatic carbocycles. The van der Waals surface area contributed by atoms with E-state index in [2.05, 4.69) is 20.8 Å². The van der Waals surface area contributed by atoms with Crippen LogP contribution in [0, 0.1) is 0 Å². The van der Waals surface area contributed by atoms with E-state index in [1.54, 1.807) is 13.8 Å². The average Bonchev–Trinajstić information content (AvgIpc) is 2.13. The smallest absolute Gasteiger partial charge is 0.0765 e. The number of likely N-dealkylation sites (N-methyl/N-ethyl adjacent to an activating group) is 1. The normalized spacial score (nSPS) is 11.6. The summed E-state index contributed by atoms with van der Waals surface area (Å²) in [6.45, 7) is 7.02. The number of nitrogen functional groups attached to an aromatic ring is 1. The van der Waals surface area contributed by atoms with Gasteiger partial charge in [-0.1, -0.05) is 15.9 Å². The van der Waals surface area contributed by atoms with Crippen LogP contribution < -0.4 is 10.6 Å². The van der Waals surface area contributed by atoms with E-state index in [9.17, 15) is 5.11 Å². The van der Waals surface area contributed by atoms with Crippen LogP contribution in [0.2, 0.25) is 0 Å². The van der Waals surface area contributed by atoms with Gasteiger partial charge in [0.05, 0.1) is 17.0 Å². The van der Waals surface area contributed by atoms with Crippen molar-refractivity contribution in [3.8, 4) is 0 Å². The highest BCUT2D eigenvalue weighted by atomic mass is 79.9. The molecular formula is C12H19BrN2O. The molecule has 0 saturated heterocycles. The number of halogens is 1. The lowest BCUT2D eigenvalue weighted by atomic mass is 10.1. The lowest BCUT2D eigenvalue weighted by Gasteiger charge is -2.30. The van der Waals surface area contributed by atoms with Crippen molar-refractivity contribution in [3.05, 3.63) is 22.7 Å². The molecule has 90 valence electrons. The van der Waals surface area contributed by atoms with Crippen LogP contribution in [0.25, 0.3) is 0 Å². The van der Waals surface area contributed by atoms with Crippen LogP contribution in [0.15, 0.2) is 22.7 Å². The van der Waals surface area contributed by atoms with Crippen molar-refractivity contribution in [3.63, 3.8) is 0 Å². The number of nitrogens with two attached hydrogens (primary N) is 1. The third-order valence-electron chi connectivity index (χ3n) is 2.29. The van der Waals surface area contributed by atoms with Gasteiger partial charge in [0.2, 0.25) is 0 Å². The van der Waals surface area contributed by atoms with Crippen LogP contribution in [0.1, 0.15) is 20.8 Å². The highest BCUT2D eigenvalue weighted by molar-refractivity contribution is 9.10. The monoisotopic (exact) mass is 286 g/mol. The second-order valence-electron chi connectivity index (χ2n) is 4.53. The molecule has 0 saturated carbocycles. The van der Waals surface area contributed by atoms with Gasteiger partial charge < -0.3 is 15.7 Å². The molecule has 0 aliphatic carbocycles. The topological polar surface area (TPSA) is 49.5 Å². The first-order valence-corrected chi connectivity index (χ1v) is 6.15. The fraction of sp³-hybridized carbons (Fsp3) is 0.500. The van der Waals surface area contributed by atoms with Gasteiger partial charge >= 0.3 is 0 Å². The fourth-order valence-electron chi connectivity index (χ4n) is 1.65. The third kappa shape index (κ3) is 3.68. The Morgan fingerprint density at radius 1 is 1.44 bits per heavy atom. The molecule has 3 N–H and O–H groups in total. The zero-order chi connectivity index (χ0) is 12.3. The third-order valence-corrected chi connectivity index (χ3v) is 2.78. The van der Waals surface area contributed by atoms with Gasteiger partial charge in [0.15, 0.2) is 0 Å². The number of rotatable bonds is 4. The predicted molar refractivity (Wildman–Crippen MR) is 72.7 cm³/mol. The zero-order valence-corrected chi connectivity index (χ0v) is 11.6. The summed E-state index contributed by atoms with van der Waals surface area (Å²) in [7, 11) is 0. The van der Waals surface area contributed by atoms with Crippen molar-refractivity contribution in [1.82, 2.24) is 0 Å². The number of nitrogens with zero attached hydrogens (tertiary/aromatic N) is 1. The maximum absolute atomic E-state index is 9.83. The summed E-state index contributed by atoms with van der Waals surface area (Å²) < 4.78 is 0.966. The molecule has 1 aromatic rings. The van der Waals surface area contributed by atoms with E-state index in [0.717, 1.165) is 22.4 Å². The molecule has 0 aromatic heterocycles. The Balaban J connectivity index is 2.95. The first kappa shape index (κ1) is 13.3. The van der Waals surface area contributed by atoms with Crippen molar-refractivity contribution in [2.24, 2.45) is 0 Å². The highest BCUT2D eigenvalue weighted by Gasteiger charge is 2.18. The minimum atomic E-state index is -0.727. The molecule has 0 amide bonds. The van der Waals surface area contributed by atoms with Crippen molar-refractivity contribution in [1.29, 1.82) is 0 Å². The van der Waals surface area contributed by atoms with Gasteiger partial charge in [0.1, 0.15) is 0 Å². The van der Waals surface area contributed by atoms with Crippen LogP contribution >= 0.6 is 15.9 Å². The van der Waals surface area contributed by atoms with Crippen LogP contribution in [-0.4, -0.2) is 23.8 Å². The molecule has 0 bridgehead atoms. The van der Waals surface area contributed by atoms with Gasteiger partial charge in [-0.3, -0.25) is 0 Å². The first-order chi connectivity index (χ1) is 7.33. The van der Waals surface area contributed by atoms with Crippen LogP contribution in [0.5, 0.6) is 0 Å². The molecular weight excluding hydrogens is 268 g/mol. The largest absolute Gasteiger partial charge is 0.397 e. The maximum Gasteiger partial charge on any atom is 0.0765 e. The van der Waals surface area contributed by atoms with Gasteiger partial charge in [-0.05, 0) is 39.0 Å². The zero-order valence-electron chi connectivity index (χ0n) is 10.00. The Labute approximate surface area is 105 Å². The second kappa shape index (κ2) is 5.06. The Morgan fingerprint density at radius 3 is 2.50 bits per heavy atom. The molecule has 0 unspecified atom stereocenters. The number of hydrogen-bond acceptors (Lipinski definition) is 3. The summed E-state index contributed by atoms with van der Waals surface area (Å²) >= 11 is 3.38. The number of benzene rings is 1. The minimum absolute atomic E-state index is 0.565. The second-order valence-corrected chi connectivity index (χ2v) is 5.45. The Bertz CT molecular complexity index is 361. The molecule has 16 heavy (non-hydrogen) atoms. The Kier molecular flexibility index (Phi) is 4.21. The van der Waals surface area contributed by atoms with E-state index in [1.165, 1.54) is 0 Å². The molecule has 0 fully saturated rings. The van der Waals surface area contributed by atoms with Gasteiger partial charge in [-0.15, -0.1) is 0 Å². The summed E-state index contributed by atoms with van der Waals surface area (Å²) in [6, 6.07) is 5.80. The number of anilines is 2. The summed E-state index contributed by atoms with van der Waals surface area (Å²) in [5, 5.41) is 9.83. The summed E-state index contributed by atoms with van der Waals surface area (Å²) in [6.07, 6.45) is 0. The molecule has 3 nitrogen and oxygen atoms in total. The van der Waals surface area contributed by atoms with E-state index < -0.39 is 5.60 Å². The van der Waals surface area contributed by atoms with Crippen molar-refractivity contribution in [2.75, 3.05) is 23.7 Å². The fourth-order valence-corrected chi connectivity index (χ4v) is 2.03. The lowest BCUT2D eigenvalue weighted by molar-refractivity contribution is 0.0876. The van der Waals surface area contributed by atoms with Crippen molar-refractivity contribution >= 4 is 27.3 Å². The average molecular weight is 287 g/mol. The molecule has 0 radical (unpaired) electrons. The minimum Gasteiger partial charge on any atom is -0.397 e. The Hall–Kier alpha value is -0.740. The van der Waals surface area contributed by atoms with Crippen LogP contribution in [0.3, 0.4) is 0 Å². The predicted octanol–water partition coefficient (Wildman–Crippen LogP) is 2.63. The summed E-state index contributed by atoms with van der Waals surface area (Å²) in [4.78, 5) is 2.07. The van der Waals surface area contributed by atoms with Crippen molar-refractivity contribution < 1.29 is 5.11 Å². The lowest BCUT2D eigenvalue weighted by Crippen LogP contribution is -2.38. The molecule has 4 heteroatoms. The SMILES string of the molecule is CCN(CC(C)(C)O)c1ccc(Br)cc1N. The van der Waals surface area contributed by atoms with E-state index in [-0.39, 0.29) is 0 Å². The maximum atomic E-state index is 9.83. The molecule has 0 aliphatic rings. The van der Waals surface area contributed by atoms with Gasteiger partial charge in [-0.25, -0.2) is 0 Å². The molecule has 0 aliphatic heterocycles. The highest BCUT2D eigenvalue weighted by Crippen LogP contribution is 2.27. The van der Waals surface area contributed by atoms with E-state index in [4.69, 9.17) is 5.73 Å². The first-order valence-electron chi connectivity index (χ1n) is 5.36. The molecule has 0 spiro atoms. The Morgan fingerprint density at radius 2 is 2.06 bits per heavy atom. The molecule has 0 heterocycles. The van der Waals surface area contributed by atoms with E-state index in [1.807, 2.05) is 25.1 Å². The van der Waals surface area contributed by atoms with Gasteiger partial charge in [0, 0.05) is 17.6 Å². The molecule has 0 atom stereocenters. The number of hydrogen-bond donors (Lipinski definition) is 2. The standard InChI is InChI=1S/C12H19BrN2O/c1-4-15(8-12(2,3)16)11-6-5-9(13)7-10(11)14/h5-7,16H,4,8,14H2,1-3H3. The quantitative estimate of drug-likeness (QED) is 0.837. The summed E-state index contributed by atoms with van der Waals surface area (Å²) in [5.74, 6) is 0. The summed E-state index contributed by atoms with van der Waals surface area (Å²) in [5.41, 5.74) is 6.92. The van der Waals surface area contributed by atoms with Gasteiger partial charge in [-0.2, -0.15) is 0 Å². The van der Waals surface area contributed by atoms with Crippen LogP contribution in [0.4, 0.5) is 11.4 Å². The van der Waals surface area contributed by atoms with E-state index >= 15 is 0 Å². The molecule has 1 rings (SSSR count). The van der Waals surface area contributed by atoms with Gasteiger partial charge in [0.25, 0.3) is 0 Å². The number of aliphatic hydroxyl groups is 1. The van der Waals surface area contributed by atoms with E-state index in [0.29, 0.717) is 6.54 Å². The van der Waals surface area contributed by atoms with Crippen molar-refractivity contribution in [2.45, 2.75) is 26.4 Å².